The Morgan fingerprint density at radius 2 is 1.44 bits per heavy atom. The maximum Gasteiger partial charge on any atom is 0.397 e. The second-order valence-corrected chi connectivity index (χ2v) is 4.10. The van der Waals surface area contributed by atoms with Gasteiger partial charge in [0.15, 0.2) is 0 Å². The molecule has 0 aromatic heterocycles. The predicted molar refractivity (Wildman–Crippen MR) is 48.6 cm³/mol. The maximum atomic E-state index is 10.1. The van der Waals surface area contributed by atoms with Gasteiger partial charge in [0.25, 0.3) is 0 Å². The summed E-state index contributed by atoms with van der Waals surface area (Å²) in [6, 6.07) is 0. The summed E-state index contributed by atoms with van der Waals surface area (Å²) in [6.45, 7) is -1.86. The monoisotopic (exact) mass is 262 g/mol. The first kappa shape index (κ1) is 15.7. The fraction of sp³-hybridized carbons (Fsp3) is 1.00. The van der Waals surface area contributed by atoms with Crippen molar-refractivity contribution in [2.75, 3.05) is 13.2 Å². The molecule has 0 aliphatic rings. The molecular formula is C6H14O9S. The van der Waals surface area contributed by atoms with Crippen molar-refractivity contribution in [2.24, 2.45) is 0 Å². The van der Waals surface area contributed by atoms with Crippen molar-refractivity contribution in [1.29, 1.82) is 0 Å². The minimum absolute atomic E-state index is 0.857. The summed E-state index contributed by atoms with van der Waals surface area (Å²) in [5.41, 5.74) is 0. The Kier molecular flexibility index (Phi) is 6.28. The van der Waals surface area contributed by atoms with Crippen LogP contribution in [0.4, 0.5) is 0 Å². The smallest absolute Gasteiger partial charge is 0.394 e. The van der Waals surface area contributed by atoms with E-state index in [4.69, 9.17) is 30.1 Å². The molecule has 0 heterocycles. The topological polar surface area (TPSA) is 165 Å². The molecule has 0 unspecified atom stereocenters. The second-order valence-electron chi connectivity index (χ2n) is 3.01. The first-order valence-corrected chi connectivity index (χ1v) is 5.50. The number of aliphatic hydroxyl groups is 5. The molecule has 0 aromatic rings. The van der Waals surface area contributed by atoms with Crippen LogP contribution in [0.5, 0.6) is 0 Å². The van der Waals surface area contributed by atoms with Crippen LogP contribution in [0.15, 0.2) is 0 Å². The number of hydrogen-bond donors (Lipinski definition) is 6. The lowest BCUT2D eigenvalue weighted by atomic mass is 10.0. The molecule has 9 nitrogen and oxygen atoms in total. The lowest BCUT2D eigenvalue weighted by Gasteiger charge is -2.24. The van der Waals surface area contributed by atoms with Crippen LogP contribution in [0.2, 0.25) is 0 Å². The highest BCUT2D eigenvalue weighted by molar-refractivity contribution is 7.80. The summed E-state index contributed by atoms with van der Waals surface area (Å²) >= 11 is 0. The van der Waals surface area contributed by atoms with E-state index in [2.05, 4.69) is 4.18 Å². The molecule has 0 fully saturated rings. The van der Waals surface area contributed by atoms with Crippen molar-refractivity contribution in [1.82, 2.24) is 0 Å². The predicted octanol–water partition coefficient (Wildman–Crippen LogP) is -3.76. The molecule has 0 radical (unpaired) electrons. The summed E-state index contributed by atoms with van der Waals surface area (Å²) in [7, 11) is -4.77. The van der Waals surface area contributed by atoms with Crippen molar-refractivity contribution in [3.05, 3.63) is 0 Å². The van der Waals surface area contributed by atoms with Crippen molar-refractivity contribution < 1.29 is 42.7 Å². The lowest BCUT2D eigenvalue weighted by molar-refractivity contribution is -0.121. The van der Waals surface area contributed by atoms with E-state index in [-0.39, 0.29) is 0 Å². The van der Waals surface area contributed by atoms with Crippen LogP contribution >= 0.6 is 0 Å². The van der Waals surface area contributed by atoms with Crippen LogP contribution in [-0.2, 0) is 14.6 Å². The van der Waals surface area contributed by atoms with Crippen molar-refractivity contribution in [3.8, 4) is 0 Å². The molecule has 0 aromatic carbocycles. The van der Waals surface area contributed by atoms with Crippen LogP contribution in [0.1, 0.15) is 0 Å². The zero-order valence-electron chi connectivity index (χ0n) is 8.04. The zero-order chi connectivity index (χ0) is 12.9. The van der Waals surface area contributed by atoms with Gasteiger partial charge >= 0.3 is 10.4 Å². The molecule has 10 heteroatoms. The normalized spacial score (nSPS) is 20.1. The summed E-state index contributed by atoms with van der Waals surface area (Å²) in [5.74, 6) is 0. The Morgan fingerprint density at radius 1 is 1.00 bits per heavy atom. The van der Waals surface area contributed by atoms with Gasteiger partial charge in [-0.15, -0.1) is 0 Å². The van der Waals surface area contributed by atoms with Gasteiger partial charge in [-0.1, -0.05) is 0 Å². The van der Waals surface area contributed by atoms with E-state index in [0.717, 1.165) is 0 Å². The highest BCUT2D eigenvalue weighted by Crippen LogP contribution is 2.06. The largest absolute Gasteiger partial charge is 0.397 e. The van der Waals surface area contributed by atoms with Gasteiger partial charge in [-0.2, -0.15) is 8.42 Å². The van der Waals surface area contributed by atoms with Gasteiger partial charge < -0.3 is 25.5 Å². The number of hydrogen-bond acceptors (Lipinski definition) is 8. The van der Waals surface area contributed by atoms with Gasteiger partial charge in [0.2, 0.25) is 0 Å². The highest BCUT2D eigenvalue weighted by atomic mass is 32.3. The Labute approximate surface area is 91.5 Å². The number of rotatable bonds is 7. The van der Waals surface area contributed by atoms with Crippen LogP contribution in [-0.4, -0.2) is 76.1 Å². The van der Waals surface area contributed by atoms with E-state index in [1.165, 1.54) is 0 Å². The quantitative estimate of drug-likeness (QED) is 0.253. The first-order chi connectivity index (χ1) is 7.19. The van der Waals surface area contributed by atoms with Crippen LogP contribution in [0, 0.1) is 0 Å². The van der Waals surface area contributed by atoms with Crippen molar-refractivity contribution in [2.45, 2.75) is 24.4 Å². The van der Waals surface area contributed by atoms with E-state index in [1.54, 1.807) is 0 Å². The fourth-order valence-electron chi connectivity index (χ4n) is 0.817. The Balaban J connectivity index is 4.22. The highest BCUT2D eigenvalue weighted by Gasteiger charge is 2.30. The summed E-state index contributed by atoms with van der Waals surface area (Å²) in [5, 5.41) is 44.7. The molecule has 16 heavy (non-hydrogen) atoms. The molecule has 0 aliphatic carbocycles. The average molecular weight is 262 g/mol. The standard InChI is InChI=1S/C6H14O9S/c7-1-3(8)5(10)6(11)4(9)2-15-16(12,13)14/h3-11H,1-2H2,(H,12,13,14)/t3-,4-,5-,6-/m1/s1. The van der Waals surface area contributed by atoms with Gasteiger partial charge in [-0.05, 0) is 0 Å². The van der Waals surface area contributed by atoms with Gasteiger partial charge in [-0.3, -0.25) is 4.55 Å². The van der Waals surface area contributed by atoms with E-state index >= 15 is 0 Å². The minimum atomic E-state index is -4.77. The van der Waals surface area contributed by atoms with E-state index in [1.807, 2.05) is 0 Å². The molecule has 0 aliphatic heterocycles. The Bertz CT molecular complexity index is 288. The summed E-state index contributed by atoms with van der Waals surface area (Å²) in [6.07, 6.45) is -7.39. The summed E-state index contributed by atoms with van der Waals surface area (Å²) in [4.78, 5) is 0. The van der Waals surface area contributed by atoms with E-state index < -0.39 is 48.0 Å². The lowest BCUT2D eigenvalue weighted by Crippen LogP contribution is -2.47. The van der Waals surface area contributed by atoms with Gasteiger partial charge in [0.1, 0.15) is 24.4 Å². The molecule has 98 valence electrons. The molecule has 0 saturated heterocycles. The molecule has 6 N–H and O–H groups in total. The van der Waals surface area contributed by atoms with Gasteiger partial charge in [-0.25, -0.2) is 4.18 Å². The third-order valence-electron chi connectivity index (χ3n) is 1.71. The Hall–Kier alpha value is -0.330. The minimum Gasteiger partial charge on any atom is -0.394 e. The molecule has 0 saturated carbocycles. The van der Waals surface area contributed by atoms with Crippen LogP contribution in [0.25, 0.3) is 0 Å². The van der Waals surface area contributed by atoms with Gasteiger partial charge in [0, 0.05) is 0 Å². The van der Waals surface area contributed by atoms with E-state index in [9.17, 15) is 8.42 Å². The van der Waals surface area contributed by atoms with Gasteiger partial charge in [0.05, 0.1) is 13.2 Å². The third-order valence-corrected chi connectivity index (χ3v) is 2.15. The third kappa shape index (κ3) is 5.67. The first-order valence-electron chi connectivity index (χ1n) is 4.14. The maximum absolute atomic E-state index is 10.1. The summed E-state index contributed by atoms with van der Waals surface area (Å²) < 4.78 is 32.1. The zero-order valence-corrected chi connectivity index (χ0v) is 8.86. The molecule has 0 bridgehead atoms. The van der Waals surface area contributed by atoms with Crippen molar-refractivity contribution >= 4 is 10.4 Å². The number of aliphatic hydroxyl groups excluding tert-OH is 5. The molecule has 0 spiro atoms. The molecule has 0 rings (SSSR count). The van der Waals surface area contributed by atoms with Crippen LogP contribution in [0.3, 0.4) is 0 Å². The van der Waals surface area contributed by atoms with E-state index in [0.29, 0.717) is 0 Å². The van der Waals surface area contributed by atoms with Crippen LogP contribution < -0.4 is 0 Å². The fourth-order valence-corrected chi connectivity index (χ4v) is 1.13. The molecular weight excluding hydrogens is 248 g/mol. The molecule has 0 amide bonds. The SMILES string of the molecule is O=S(=O)(O)OC[C@@H](O)[C@@H](O)[C@H](O)[C@H](O)CO. The van der Waals surface area contributed by atoms with Crippen molar-refractivity contribution in [3.63, 3.8) is 0 Å². The molecule has 4 atom stereocenters. The average Bonchev–Trinajstić information content (AvgIpc) is 2.21. The Morgan fingerprint density at radius 3 is 1.81 bits per heavy atom. The second kappa shape index (κ2) is 6.42.